The van der Waals surface area contributed by atoms with Crippen LogP contribution in [0, 0.1) is 0 Å². The van der Waals surface area contributed by atoms with Gasteiger partial charge in [0, 0.05) is 20.1 Å². The van der Waals surface area contributed by atoms with Gasteiger partial charge in [-0.3, -0.25) is 0 Å². The molecule has 1 aromatic rings. The number of nitrogens with zero attached hydrogens (tertiary/aromatic N) is 4. The zero-order valence-electron chi connectivity index (χ0n) is 11.0. The fraction of sp³-hybridized carbons (Fsp3) is 0.727. The predicted octanol–water partition coefficient (Wildman–Crippen LogP) is 1.55. The Morgan fingerprint density at radius 3 is 2.35 bits per heavy atom. The van der Waals surface area contributed by atoms with Crippen LogP contribution in [-0.2, 0) is 0 Å². The molecule has 0 aromatic carbocycles. The highest BCUT2D eigenvalue weighted by Crippen LogP contribution is 2.14. The Balaban J connectivity index is 2.95. The lowest BCUT2D eigenvalue weighted by molar-refractivity contribution is 0.292. The maximum Gasteiger partial charge on any atom is 0.323 e. The summed E-state index contributed by atoms with van der Waals surface area (Å²) in [6.07, 6.45) is 0.932. The molecule has 0 aliphatic rings. The molecule has 0 atom stereocenters. The van der Waals surface area contributed by atoms with E-state index in [0.29, 0.717) is 24.5 Å². The Labute approximate surface area is 102 Å². The van der Waals surface area contributed by atoms with E-state index in [2.05, 4.69) is 39.0 Å². The molecule has 0 fully saturated rings. The lowest BCUT2D eigenvalue weighted by Gasteiger charge is -2.19. The van der Waals surface area contributed by atoms with Gasteiger partial charge in [-0.05, 0) is 20.3 Å². The first-order chi connectivity index (χ1) is 8.24. The molecule has 0 unspecified atom stereocenters. The second kappa shape index (κ2) is 6.88. The summed E-state index contributed by atoms with van der Waals surface area (Å²) >= 11 is 0. The summed E-state index contributed by atoms with van der Waals surface area (Å²) in [5, 5.41) is 2.92. The Bertz CT molecular complexity index is 341. The van der Waals surface area contributed by atoms with Crippen LogP contribution in [0.4, 0.5) is 11.9 Å². The van der Waals surface area contributed by atoms with Crippen molar-refractivity contribution in [1.82, 2.24) is 15.0 Å². The summed E-state index contributed by atoms with van der Waals surface area (Å²) in [4.78, 5) is 14.8. The van der Waals surface area contributed by atoms with Gasteiger partial charge in [0.2, 0.25) is 11.9 Å². The third-order valence-electron chi connectivity index (χ3n) is 2.31. The maximum absolute atomic E-state index is 5.45. The minimum absolute atomic E-state index is 0.383. The summed E-state index contributed by atoms with van der Waals surface area (Å²) in [5.41, 5.74) is 0. The first kappa shape index (κ1) is 13.5. The van der Waals surface area contributed by atoms with Gasteiger partial charge >= 0.3 is 6.01 Å². The van der Waals surface area contributed by atoms with Crippen molar-refractivity contribution in [3.05, 3.63) is 0 Å². The second-order valence-corrected chi connectivity index (χ2v) is 3.51. The summed E-state index contributed by atoms with van der Waals surface area (Å²) in [5.74, 6) is 1.19. The molecule has 0 saturated carbocycles. The highest BCUT2D eigenvalue weighted by Gasteiger charge is 2.10. The fourth-order valence-corrected chi connectivity index (χ4v) is 1.36. The first-order valence-corrected chi connectivity index (χ1v) is 6.06. The molecule has 1 heterocycles. The lowest BCUT2D eigenvalue weighted by Crippen LogP contribution is -2.25. The first-order valence-electron chi connectivity index (χ1n) is 6.06. The number of anilines is 2. The molecule has 1 N–H and O–H groups in total. The van der Waals surface area contributed by atoms with Gasteiger partial charge in [-0.15, -0.1) is 0 Å². The summed E-state index contributed by atoms with van der Waals surface area (Å²) in [6, 6.07) is 0.383. The van der Waals surface area contributed by atoms with E-state index in [0.717, 1.165) is 19.5 Å². The molecule has 6 nitrogen and oxygen atoms in total. The van der Waals surface area contributed by atoms with Gasteiger partial charge in [0.05, 0.1) is 6.61 Å². The number of nitrogens with one attached hydrogen (secondary N) is 1. The monoisotopic (exact) mass is 239 g/mol. The van der Waals surface area contributed by atoms with Crippen molar-refractivity contribution in [2.24, 2.45) is 0 Å². The predicted molar refractivity (Wildman–Crippen MR) is 68.7 cm³/mol. The minimum atomic E-state index is 0.383. The van der Waals surface area contributed by atoms with Gasteiger partial charge < -0.3 is 15.0 Å². The molecular formula is C11H21N5O. The smallest absolute Gasteiger partial charge is 0.323 e. The number of aromatic nitrogens is 3. The largest absolute Gasteiger partial charge is 0.463 e. The molecule has 0 aliphatic carbocycles. The van der Waals surface area contributed by atoms with Gasteiger partial charge in [-0.25, -0.2) is 0 Å². The van der Waals surface area contributed by atoms with Crippen LogP contribution in [0.2, 0.25) is 0 Å². The molecule has 0 radical (unpaired) electrons. The molecule has 0 spiro atoms. The maximum atomic E-state index is 5.45. The third-order valence-corrected chi connectivity index (χ3v) is 2.31. The Kier molecular flexibility index (Phi) is 5.45. The highest BCUT2D eigenvalue weighted by molar-refractivity contribution is 5.37. The van der Waals surface area contributed by atoms with Gasteiger partial charge in [-0.1, -0.05) is 6.92 Å². The van der Waals surface area contributed by atoms with Crippen molar-refractivity contribution in [3.63, 3.8) is 0 Å². The topological polar surface area (TPSA) is 63.2 Å². The van der Waals surface area contributed by atoms with E-state index in [4.69, 9.17) is 4.74 Å². The van der Waals surface area contributed by atoms with Crippen molar-refractivity contribution in [1.29, 1.82) is 0 Å². The molecule has 1 rings (SSSR count). The van der Waals surface area contributed by atoms with E-state index < -0.39 is 0 Å². The quantitative estimate of drug-likeness (QED) is 0.779. The van der Waals surface area contributed by atoms with Crippen LogP contribution in [0.25, 0.3) is 0 Å². The molecule has 17 heavy (non-hydrogen) atoms. The van der Waals surface area contributed by atoms with Crippen LogP contribution in [0.1, 0.15) is 27.2 Å². The summed E-state index contributed by atoms with van der Waals surface area (Å²) < 4.78 is 5.45. The van der Waals surface area contributed by atoms with Crippen molar-refractivity contribution < 1.29 is 4.74 Å². The standard InChI is InChI=1S/C11H21N5O/c1-5-8-17-11-14-9(12-4)13-10(15-11)16(6-2)7-3/h5-8H2,1-4H3,(H,12,13,14,15). The molecule has 1 aromatic heterocycles. The molecule has 0 aliphatic heterocycles. The van der Waals surface area contributed by atoms with Gasteiger partial charge in [0.25, 0.3) is 0 Å². The van der Waals surface area contributed by atoms with Crippen LogP contribution in [0.15, 0.2) is 0 Å². The molecule has 96 valence electrons. The molecular weight excluding hydrogens is 218 g/mol. The van der Waals surface area contributed by atoms with Crippen molar-refractivity contribution in [2.75, 3.05) is 37.0 Å². The summed E-state index contributed by atoms with van der Waals surface area (Å²) in [7, 11) is 1.78. The van der Waals surface area contributed by atoms with E-state index in [9.17, 15) is 0 Å². The zero-order chi connectivity index (χ0) is 12.7. The number of hydrogen-bond acceptors (Lipinski definition) is 6. The van der Waals surface area contributed by atoms with E-state index in [1.807, 2.05) is 6.92 Å². The summed E-state index contributed by atoms with van der Waals surface area (Å²) in [6.45, 7) is 8.52. The van der Waals surface area contributed by atoms with Crippen molar-refractivity contribution in [3.8, 4) is 6.01 Å². The average molecular weight is 239 g/mol. The molecule has 0 saturated heterocycles. The van der Waals surface area contributed by atoms with E-state index in [1.54, 1.807) is 7.05 Å². The third kappa shape index (κ3) is 3.72. The number of hydrogen-bond donors (Lipinski definition) is 1. The van der Waals surface area contributed by atoms with Gasteiger partial charge in [-0.2, -0.15) is 15.0 Å². The van der Waals surface area contributed by atoms with Crippen LogP contribution in [0.3, 0.4) is 0 Å². The van der Waals surface area contributed by atoms with Gasteiger partial charge in [0.1, 0.15) is 0 Å². The zero-order valence-corrected chi connectivity index (χ0v) is 11.0. The van der Waals surface area contributed by atoms with Crippen LogP contribution >= 0.6 is 0 Å². The Hall–Kier alpha value is -1.59. The number of ether oxygens (including phenoxy) is 1. The van der Waals surface area contributed by atoms with E-state index >= 15 is 0 Å². The molecule has 0 amide bonds. The van der Waals surface area contributed by atoms with Crippen molar-refractivity contribution in [2.45, 2.75) is 27.2 Å². The molecule has 6 heteroatoms. The van der Waals surface area contributed by atoms with Crippen LogP contribution < -0.4 is 15.0 Å². The second-order valence-electron chi connectivity index (χ2n) is 3.51. The average Bonchev–Trinajstić information content (AvgIpc) is 2.37. The lowest BCUT2D eigenvalue weighted by atomic mass is 10.5. The highest BCUT2D eigenvalue weighted by atomic mass is 16.5. The number of rotatable bonds is 7. The van der Waals surface area contributed by atoms with Crippen LogP contribution in [0.5, 0.6) is 6.01 Å². The Morgan fingerprint density at radius 2 is 1.82 bits per heavy atom. The fourth-order valence-electron chi connectivity index (χ4n) is 1.36. The SMILES string of the molecule is CCCOc1nc(NC)nc(N(CC)CC)n1. The van der Waals surface area contributed by atoms with E-state index in [1.165, 1.54) is 0 Å². The van der Waals surface area contributed by atoms with Crippen LogP contribution in [-0.4, -0.2) is 41.7 Å². The Morgan fingerprint density at radius 1 is 1.12 bits per heavy atom. The van der Waals surface area contributed by atoms with E-state index in [-0.39, 0.29) is 0 Å². The minimum Gasteiger partial charge on any atom is -0.463 e. The van der Waals surface area contributed by atoms with Gasteiger partial charge in [0.15, 0.2) is 0 Å². The van der Waals surface area contributed by atoms with Crippen molar-refractivity contribution >= 4 is 11.9 Å². The normalized spacial score (nSPS) is 10.1. The molecule has 0 bridgehead atoms.